The zero-order valence-electron chi connectivity index (χ0n) is 10.4. The van der Waals surface area contributed by atoms with Gasteiger partial charge in [-0.3, -0.25) is 14.3 Å². The number of nitriles is 1. The van der Waals surface area contributed by atoms with Crippen molar-refractivity contribution in [2.24, 2.45) is 0 Å². The smallest absolute Gasteiger partial charge is 0.298 e. The van der Waals surface area contributed by atoms with Gasteiger partial charge in [-0.05, 0) is 31.2 Å². The maximum Gasteiger partial charge on any atom is 0.329 e. The number of hydrogen-bond donors (Lipinski definition) is 1. The number of nitrogens with one attached hydrogen (secondary N) is 1. The molecule has 0 atom stereocenters. The molecule has 3 rings (SSSR count). The maximum atomic E-state index is 12.4. The first kappa shape index (κ1) is 12.2. The van der Waals surface area contributed by atoms with Crippen molar-refractivity contribution in [1.29, 1.82) is 5.26 Å². The minimum Gasteiger partial charge on any atom is -0.298 e. The van der Waals surface area contributed by atoms with Gasteiger partial charge in [0.15, 0.2) is 0 Å². The molecule has 0 aromatic carbocycles. The molecule has 5 nitrogen and oxygen atoms in total. The molecule has 0 radical (unpaired) electrons. The molecular weight excluding hydrogens is 262 g/mol. The number of aryl methyl sites for hydroxylation is 2. The largest absolute Gasteiger partial charge is 0.329 e. The molecule has 1 aliphatic carbocycles. The van der Waals surface area contributed by atoms with Gasteiger partial charge in [-0.2, -0.15) is 5.26 Å². The quantitative estimate of drug-likeness (QED) is 0.863. The van der Waals surface area contributed by atoms with Crippen molar-refractivity contribution in [2.75, 3.05) is 0 Å². The number of hydrogen-bond acceptors (Lipinski definition) is 4. The van der Waals surface area contributed by atoms with E-state index < -0.39 is 0 Å². The van der Waals surface area contributed by atoms with Gasteiger partial charge in [-0.1, -0.05) is 0 Å². The average Bonchev–Trinajstić information content (AvgIpc) is 2.93. The highest BCUT2D eigenvalue weighted by Crippen LogP contribution is 2.33. The maximum absolute atomic E-state index is 12.4. The molecule has 0 unspecified atom stereocenters. The van der Waals surface area contributed by atoms with Crippen LogP contribution in [0.3, 0.4) is 0 Å². The number of rotatable bonds is 3. The van der Waals surface area contributed by atoms with E-state index in [2.05, 4.69) is 4.98 Å². The molecule has 2 aromatic heterocycles. The van der Waals surface area contributed by atoms with Crippen molar-refractivity contribution < 1.29 is 0 Å². The zero-order valence-corrected chi connectivity index (χ0v) is 11.2. The second kappa shape index (κ2) is 4.67. The Kier molecular flexibility index (Phi) is 2.99. The van der Waals surface area contributed by atoms with Crippen LogP contribution in [0.2, 0.25) is 0 Å². The van der Waals surface area contributed by atoms with Crippen molar-refractivity contribution in [3.63, 3.8) is 0 Å². The van der Waals surface area contributed by atoms with E-state index in [1.807, 2.05) is 6.07 Å². The molecule has 6 heteroatoms. The van der Waals surface area contributed by atoms with E-state index in [9.17, 15) is 9.59 Å². The molecule has 2 aromatic rings. The van der Waals surface area contributed by atoms with E-state index in [-0.39, 0.29) is 11.2 Å². The number of fused-ring (bicyclic) bond motifs is 3. The molecule has 1 N–H and O–H groups in total. The van der Waals surface area contributed by atoms with Crippen LogP contribution in [0.1, 0.15) is 29.7 Å². The number of thiophene rings is 1. The van der Waals surface area contributed by atoms with Gasteiger partial charge in [0.2, 0.25) is 0 Å². The van der Waals surface area contributed by atoms with Crippen molar-refractivity contribution in [2.45, 2.75) is 38.6 Å². The van der Waals surface area contributed by atoms with Gasteiger partial charge >= 0.3 is 5.69 Å². The summed E-state index contributed by atoms with van der Waals surface area (Å²) in [5.41, 5.74) is 0.557. The summed E-state index contributed by atoms with van der Waals surface area (Å²) < 4.78 is 1.23. The molecule has 0 bridgehead atoms. The van der Waals surface area contributed by atoms with Crippen LogP contribution in [0.25, 0.3) is 10.2 Å². The summed E-state index contributed by atoms with van der Waals surface area (Å²) in [4.78, 5) is 29.1. The van der Waals surface area contributed by atoms with Crippen LogP contribution in [-0.2, 0) is 19.4 Å². The Morgan fingerprint density at radius 2 is 2.21 bits per heavy atom. The van der Waals surface area contributed by atoms with Gasteiger partial charge in [-0.15, -0.1) is 11.3 Å². The highest BCUT2D eigenvalue weighted by Gasteiger charge is 2.21. The third-order valence-corrected chi connectivity index (χ3v) is 4.72. The lowest BCUT2D eigenvalue weighted by Crippen LogP contribution is -2.34. The van der Waals surface area contributed by atoms with Gasteiger partial charge in [0.1, 0.15) is 4.83 Å². The summed E-state index contributed by atoms with van der Waals surface area (Å²) in [7, 11) is 0. The molecule has 0 amide bonds. The van der Waals surface area contributed by atoms with E-state index >= 15 is 0 Å². The molecule has 0 aliphatic heterocycles. The zero-order chi connectivity index (χ0) is 13.4. The molecule has 2 heterocycles. The first-order valence-electron chi connectivity index (χ1n) is 6.36. The lowest BCUT2D eigenvalue weighted by Gasteiger charge is -2.03. The van der Waals surface area contributed by atoms with Crippen LogP contribution in [0, 0.1) is 11.3 Å². The van der Waals surface area contributed by atoms with Crippen LogP contribution < -0.4 is 11.2 Å². The average molecular weight is 275 g/mol. The van der Waals surface area contributed by atoms with Crippen LogP contribution in [-0.4, -0.2) is 9.55 Å². The second-order valence-corrected chi connectivity index (χ2v) is 5.82. The Bertz CT molecular complexity index is 791. The summed E-state index contributed by atoms with van der Waals surface area (Å²) in [6.45, 7) is 0.308. The van der Waals surface area contributed by atoms with Crippen molar-refractivity contribution >= 4 is 21.6 Å². The highest BCUT2D eigenvalue weighted by molar-refractivity contribution is 7.18. The normalized spacial score (nSPS) is 13.6. The van der Waals surface area contributed by atoms with Crippen molar-refractivity contribution in [1.82, 2.24) is 9.55 Å². The lowest BCUT2D eigenvalue weighted by atomic mass is 10.2. The minimum atomic E-state index is -0.365. The van der Waals surface area contributed by atoms with Crippen LogP contribution >= 0.6 is 11.3 Å². The number of aromatic nitrogens is 2. The lowest BCUT2D eigenvalue weighted by molar-refractivity contribution is 0.605. The Morgan fingerprint density at radius 3 is 3.00 bits per heavy atom. The SMILES string of the molecule is N#CCCCn1c(=O)[nH]c2sc3c(c2c1=O)CCC3. The number of unbranched alkanes of at least 4 members (excludes halogenated alkanes) is 1. The van der Waals surface area contributed by atoms with E-state index in [4.69, 9.17) is 5.26 Å². The van der Waals surface area contributed by atoms with Crippen LogP contribution in [0.4, 0.5) is 0 Å². The van der Waals surface area contributed by atoms with E-state index in [1.165, 1.54) is 20.8 Å². The second-order valence-electron chi connectivity index (χ2n) is 4.71. The molecule has 1 aliphatic rings. The van der Waals surface area contributed by atoms with E-state index in [1.54, 1.807) is 0 Å². The Labute approximate surface area is 113 Å². The molecule has 0 saturated heterocycles. The summed E-state index contributed by atoms with van der Waals surface area (Å²) in [5.74, 6) is 0. The fourth-order valence-electron chi connectivity index (χ4n) is 2.63. The van der Waals surface area contributed by atoms with Crippen molar-refractivity contribution in [3.8, 4) is 6.07 Å². The predicted octanol–water partition coefficient (Wildman–Crippen LogP) is 1.54. The van der Waals surface area contributed by atoms with Crippen molar-refractivity contribution in [3.05, 3.63) is 31.3 Å². The van der Waals surface area contributed by atoms with Crippen LogP contribution in [0.15, 0.2) is 9.59 Å². The summed E-state index contributed by atoms with van der Waals surface area (Å²) in [5, 5.41) is 9.22. The standard InChI is InChI=1S/C13H13N3O2S/c14-6-1-2-7-16-12(17)10-8-4-3-5-9(8)19-11(10)15-13(16)18/h1-5,7H2,(H,15,18). The minimum absolute atomic E-state index is 0.198. The third-order valence-electron chi connectivity index (χ3n) is 3.52. The summed E-state index contributed by atoms with van der Waals surface area (Å²) in [6.07, 6.45) is 3.90. The Morgan fingerprint density at radius 1 is 1.37 bits per heavy atom. The molecule has 0 fully saturated rings. The van der Waals surface area contributed by atoms with Crippen LogP contribution in [0.5, 0.6) is 0 Å². The molecule has 0 spiro atoms. The topological polar surface area (TPSA) is 78.7 Å². The Hall–Kier alpha value is -1.87. The summed E-state index contributed by atoms with van der Waals surface area (Å²) >= 11 is 1.53. The monoisotopic (exact) mass is 275 g/mol. The van der Waals surface area contributed by atoms with Gasteiger partial charge in [0, 0.05) is 17.8 Å². The first-order chi connectivity index (χ1) is 9.22. The summed E-state index contributed by atoms with van der Waals surface area (Å²) in [6, 6.07) is 2.03. The fraction of sp³-hybridized carbons (Fsp3) is 0.462. The molecule has 98 valence electrons. The highest BCUT2D eigenvalue weighted by atomic mass is 32.1. The third kappa shape index (κ3) is 1.90. The molecule has 19 heavy (non-hydrogen) atoms. The Balaban J connectivity index is 2.16. The first-order valence-corrected chi connectivity index (χ1v) is 7.18. The fourth-order valence-corrected chi connectivity index (χ4v) is 3.90. The number of H-pyrrole nitrogens is 1. The molecule has 0 saturated carbocycles. The number of nitrogens with zero attached hydrogens (tertiary/aromatic N) is 2. The van der Waals surface area contributed by atoms with E-state index in [0.29, 0.717) is 29.6 Å². The van der Waals surface area contributed by atoms with Gasteiger partial charge < -0.3 is 0 Å². The van der Waals surface area contributed by atoms with Gasteiger partial charge in [-0.25, -0.2) is 4.79 Å². The number of aromatic amines is 1. The predicted molar refractivity (Wildman–Crippen MR) is 73.6 cm³/mol. The molecular formula is C13H13N3O2S. The van der Waals surface area contributed by atoms with Gasteiger partial charge in [0.25, 0.3) is 5.56 Å². The van der Waals surface area contributed by atoms with Gasteiger partial charge in [0.05, 0.1) is 11.5 Å². The van der Waals surface area contributed by atoms with E-state index in [0.717, 1.165) is 24.8 Å².